The van der Waals surface area contributed by atoms with Gasteiger partial charge in [0.15, 0.2) is 0 Å². The molecule has 0 spiro atoms. The van der Waals surface area contributed by atoms with Crippen LogP contribution in [0.15, 0.2) is 48.9 Å². The van der Waals surface area contributed by atoms with Crippen molar-refractivity contribution in [2.24, 2.45) is 0 Å². The molecule has 1 saturated heterocycles. The Morgan fingerprint density at radius 1 is 1.23 bits per heavy atom. The van der Waals surface area contributed by atoms with Crippen molar-refractivity contribution in [2.45, 2.75) is 32.0 Å². The second kappa shape index (κ2) is 6.23. The summed E-state index contributed by atoms with van der Waals surface area (Å²) in [4.78, 5) is 22.7. The highest BCUT2D eigenvalue weighted by Crippen LogP contribution is 2.31. The average molecular weight is 297 g/mol. The topological polar surface area (TPSA) is 55.3 Å². The Balaban J connectivity index is 1.88. The van der Waals surface area contributed by atoms with Gasteiger partial charge in [-0.05, 0) is 19.4 Å². The summed E-state index contributed by atoms with van der Waals surface area (Å²) in [5.74, 6) is -0.0997. The predicted molar refractivity (Wildman–Crippen MR) is 82.3 cm³/mol. The molecule has 0 radical (unpaired) electrons. The highest BCUT2D eigenvalue weighted by molar-refractivity contribution is 5.92. The van der Waals surface area contributed by atoms with Crippen LogP contribution >= 0.6 is 0 Å². The Hall–Kier alpha value is -2.27. The fourth-order valence-corrected chi connectivity index (χ4v) is 2.95. The van der Waals surface area contributed by atoms with Crippen molar-refractivity contribution in [3.63, 3.8) is 0 Å². The van der Waals surface area contributed by atoms with Gasteiger partial charge in [0.1, 0.15) is 11.8 Å². The lowest BCUT2D eigenvalue weighted by Gasteiger charge is -2.43. The van der Waals surface area contributed by atoms with Gasteiger partial charge in [0.05, 0.1) is 24.9 Å². The molecular formula is C17H19N3O2. The van der Waals surface area contributed by atoms with Gasteiger partial charge in [-0.25, -0.2) is 4.98 Å². The molecule has 114 valence electrons. The van der Waals surface area contributed by atoms with Crippen LogP contribution in [0, 0.1) is 0 Å². The van der Waals surface area contributed by atoms with E-state index in [1.807, 2.05) is 49.1 Å². The molecule has 0 bridgehead atoms. The third kappa shape index (κ3) is 2.72. The van der Waals surface area contributed by atoms with E-state index in [-0.39, 0.29) is 24.1 Å². The van der Waals surface area contributed by atoms with Crippen molar-refractivity contribution in [2.75, 3.05) is 6.61 Å². The largest absolute Gasteiger partial charge is 0.369 e. The monoisotopic (exact) mass is 297 g/mol. The maximum Gasteiger partial charge on any atom is 0.274 e. The van der Waals surface area contributed by atoms with Crippen LogP contribution < -0.4 is 0 Å². The molecule has 1 aromatic heterocycles. The minimum Gasteiger partial charge on any atom is -0.369 e. The van der Waals surface area contributed by atoms with Crippen LogP contribution in [-0.4, -0.2) is 39.5 Å². The quantitative estimate of drug-likeness (QED) is 0.854. The van der Waals surface area contributed by atoms with Crippen molar-refractivity contribution in [3.05, 3.63) is 60.2 Å². The van der Waals surface area contributed by atoms with E-state index in [4.69, 9.17) is 4.74 Å². The number of hydrogen-bond donors (Lipinski definition) is 0. The molecule has 5 nitrogen and oxygen atoms in total. The summed E-state index contributed by atoms with van der Waals surface area (Å²) in [6, 6.07) is 9.94. The van der Waals surface area contributed by atoms with Crippen LogP contribution in [0.4, 0.5) is 0 Å². The average Bonchev–Trinajstić information content (AvgIpc) is 2.56. The van der Waals surface area contributed by atoms with E-state index in [2.05, 4.69) is 9.97 Å². The highest BCUT2D eigenvalue weighted by atomic mass is 16.5. The molecule has 1 aromatic carbocycles. The number of amides is 1. The standard InChI is InChI=1S/C17H19N3O2/c1-12-11-22-16(14-6-4-3-5-7-14)13(2)20(12)17(21)15-10-18-8-9-19-15/h3-10,12-13,16H,11H2,1-2H3/t12-,13-,16-/m1/s1. The van der Waals surface area contributed by atoms with E-state index >= 15 is 0 Å². The van der Waals surface area contributed by atoms with Crippen molar-refractivity contribution in [3.8, 4) is 0 Å². The summed E-state index contributed by atoms with van der Waals surface area (Å²) in [5.41, 5.74) is 1.45. The van der Waals surface area contributed by atoms with E-state index in [9.17, 15) is 4.79 Å². The van der Waals surface area contributed by atoms with Gasteiger partial charge in [0.25, 0.3) is 5.91 Å². The molecule has 1 aliphatic rings. The van der Waals surface area contributed by atoms with Gasteiger partial charge in [-0.3, -0.25) is 9.78 Å². The smallest absolute Gasteiger partial charge is 0.274 e. The number of ether oxygens (including phenoxy) is 1. The third-order valence-corrected chi connectivity index (χ3v) is 4.01. The molecule has 2 heterocycles. The van der Waals surface area contributed by atoms with E-state index in [0.717, 1.165) is 5.56 Å². The minimum absolute atomic E-state index is 0.00414. The van der Waals surface area contributed by atoms with Gasteiger partial charge in [0, 0.05) is 12.4 Å². The Morgan fingerprint density at radius 3 is 2.68 bits per heavy atom. The number of rotatable bonds is 2. The number of carbonyl (C=O) groups excluding carboxylic acids is 1. The molecule has 5 heteroatoms. The van der Waals surface area contributed by atoms with Crippen LogP contribution in [0.1, 0.15) is 36.0 Å². The molecule has 22 heavy (non-hydrogen) atoms. The Kier molecular flexibility index (Phi) is 4.15. The van der Waals surface area contributed by atoms with Crippen LogP contribution in [0.2, 0.25) is 0 Å². The van der Waals surface area contributed by atoms with E-state index in [1.165, 1.54) is 12.4 Å². The number of hydrogen-bond acceptors (Lipinski definition) is 4. The first kappa shape index (κ1) is 14.7. The van der Waals surface area contributed by atoms with Gasteiger partial charge in [-0.1, -0.05) is 30.3 Å². The zero-order chi connectivity index (χ0) is 15.5. The lowest BCUT2D eigenvalue weighted by Crippen LogP contribution is -2.53. The predicted octanol–water partition coefficient (Wildman–Crippen LogP) is 2.47. The highest BCUT2D eigenvalue weighted by Gasteiger charge is 2.37. The van der Waals surface area contributed by atoms with E-state index in [0.29, 0.717) is 12.3 Å². The summed E-state index contributed by atoms with van der Waals surface area (Å²) < 4.78 is 5.97. The Labute approximate surface area is 130 Å². The molecule has 2 aromatic rings. The minimum atomic E-state index is -0.127. The molecule has 1 fully saturated rings. The van der Waals surface area contributed by atoms with Crippen molar-refractivity contribution in [1.82, 2.24) is 14.9 Å². The lowest BCUT2D eigenvalue weighted by molar-refractivity contribution is -0.0808. The van der Waals surface area contributed by atoms with Gasteiger partial charge >= 0.3 is 0 Å². The molecule has 1 aliphatic heterocycles. The fourth-order valence-electron chi connectivity index (χ4n) is 2.95. The molecule has 0 saturated carbocycles. The number of nitrogens with zero attached hydrogens (tertiary/aromatic N) is 3. The van der Waals surface area contributed by atoms with Crippen LogP contribution in [0.3, 0.4) is 0 Å². The summed E-state index contributed by atoms with van der Waals surface area (Å²) in [6.45, 7) is 4.52. The first-order valence-corrected chi connectivity index (χ1v) is 7.43. The number of benzene rings is 1. The SMILES string of the molecule is C[C@@H]1CO[C@@H](c2ccccc2)[C@@H](C)N1C(=O)c1cnccn1. The van der Waals surface area contributed by atoms with Crippen LogP contribution in [0.25, 0.3) is 0 Å². The normalized spacial score (nSPS) is 25.0. The van der Waals surface area contributed by atoms with Gasteiger partial charge in [0.2, 0.25) is 0 Å². The van der Waals surface area contributed by atoms with Crippen LogP contribution in [0.5, 0.6) is 0 Å². The molecule has 3 atom stereocenters. The van der Waals surface area contributed by atoms with Crippen LogP contribution in [-0.2, 0) is 4.74 Å². The number of morpholine rings is 1. The van der Waals surface area contributed by atoms with Crippen molar-refractivity contribution in [1.29, 1.82) is 0 Å². The Morgan fingerprint density at radius 2 is 2.00 bits per heavy atom. The first-order chi connectivity index (χ1) is 10.7. The zero-order valence-electron chi connectivity index (χ0n) is 12.7. The molecule has 1 amide bonds. The zero-order valence-corrected chi connectivity index (χ0v) is 12.7. The summed E-state index contributed by atoms with van der Waals surface area (Å²) in [6.07, 6.45) is 4.49. The number of carbonyl (C=O) groups is 1. The maximum atomic E-state index is 12.8. The second-order valence-electron chi connectivity index (χ2n) is 5.56. The number of aromatic nitrogens is 2. The van der Waals surface area contributed by atoms with E-state index < -0.39 is 0 Å². The van der Waals surface area contributed by atoms with Crippen molar-refractivity contribution < 1.29 is 9.53 Å². The summed E-state index contributed by atoms with van der Waals surface area (Å²) >= 11 is 0. The summed E-state index contributed by atoms with van der Waals surface area (Å²) in [5, 5.41) is 0. The molecular weight excluding hydrogens is 278 g/mol. The molecule has 3 rings (SSSR count). The fraction of sp³-hybridized carbons (Fsp3) is 0.353. The summed E-state index contributed by atoms with van der Waals surface area (Å²) in [7, 11) is 0. The molecule has 0 aliphatic carbocycles. The Bertz CT molecular complexity index is 633. The second-order valence-corrected chi connectivity index (χ2v) is 5.56. The van der Waals surface area contributed by atoms with Gasteiger partial charge < -0.3 is 9.64 Å². The van der Waals surface area contributed by atoms with Gasteiger partial charge in [-0.15, -0.1) is 0 Å². The first-order valence-electron chi connectivity index (χ1n) is 7.43. The molecule has 0 unspecified atom stereocenters. The third-order valence-electron chi connectivity index (χ3n) is 4.01. The van der Waals surface area contributed by atoms with E-state index in [1.54, 1.807) is 6.20 Å². The lowest BCUT2D eigenvalue weighted by atomic mass is 9.98. The molecule has 0 N–H and O–H groups in total. The van der Waals surface area contributed by atoms with Crippen molar-refractivity contribution >= 4 is 5.91 Å². The maximum absolute atomic E-state index is 12.8. The van der Waals surface area contributed by atoms with Gasteiger partial charge in [-0.2, -0.15) is 0 Å².